The summed E-state index contributed by atoms with van der Waals surface area (Å²) in [5, 5.41) is 20.8. The van der Waals surface area contributed by atoms with Crippen LogP contribution in [0.25, 0.3) is 0 Å². The molecule has 6 nitrogen and oxygen atoms in total. The number of anilines is 1. The summed E-state index contributed by atoms with van der Waals surface area (Å²) in [7, 11) is 0. The first-order valence-electron chi connectivity index (χ1n) is 11.2. The van der Waals surface area contributed by atoms with Crippen LogP contribution >= 0.6 is 0 Å². The summed E-state index contributed by atoms with van der Waals surface area (Å²) in [5.41, 5.74) is 10.5. The summed E-state index contributed by atoms with van der Waals surface area (Å²) in [5.74, 6) is -0.406. The van der Waals surface area contributed by atoms with Crippen molar-refractivity contribution in [3.8, 4) is 5.75 Å². The molecule has 3 rings (SSSR count). The molecule has 172 valence electrons. The van der Waals surface area contributed by atoms with Crippen LogP contribution < -0.4 is 15.8 Å². The predicted molar refractivity (Wildman–Crippen MR) is 132 cm³/mol. The third-order valence-corrected chi connectivity index (χ3v) is 5.47. The van der Waals surface area contributed by atoms with Crippen LogP contribution in [-0.4, -0.2) is 16.9 Å². The summed E-state index contributed by atoms with van der Waals surface area (Å²) < 4.78 is 6.28. The third kappa shape index (κ3) is 6.13. The highest BCUT2D eigenvalue weighted by atomic mass is 16.5. The predicted octanol–water partition coefficient (Wildman–Crippen LogP) is 5.30. The molecule has 5 N–H and O–H groups in total. The fraction of sp³-hybridized carbons (Fsp3) is 0.259. The molecule has 0 saturated heterocycles. The highest BCUT2D eigenvalue weighted by Crippen LogP contribution is 2.35. The number of rotatable bonds is 11. The monoisotopic (exact) mass is 445 g/mol. The summed E-state index contributed by atoms with van der Waals surface area (Å²) in [4.78, 5) is 12.4. The SMILES string of the molecule is CCCc1cc(CC)cc([C@@H](Nc2ccc(C(=N)N)cc2)C(=O)O)c1OCc1ccccc1. The van der Waals surface area contributed by atoms with Gasteiger partial charge in [-0.2, -0.15) is 0 Å². The van der Waals surface area contributed by atoms with Gasteiger partial charge < -0.3 is 20.9 Å². The smallest absolute Gasteiger partial charge is 0.330 e. The maximum Gasteiger partial charge on any atom is 0.330 e. The molecule has 0 unspecified atom stereocenters. The Morgan fingerprint density at radius 2 is 1.76 bits per heavy atom. The Labute approximate surface area is 194 Å². The molecule has 0 fully saturated rings. The fourth-order valence-electron chi connectivity index (χ4n) is 3.75. The number of nitrogens with one attached hydrogen (secondary N) is 2. The summed E-state index contributed by atoms with van der Waals surface area (Å²) >= 11 is 0. The van der Waals surface area contributed by atoms with Crippen molar-refractivity contribution in [3.05, 3.63) is 94.5 Å². The van der Waals surface area contributed by atoms with Gasteiger partial charge in [-0.25, -0.2) is 4.79 Å². The van der Waals surface area contributed by atoms with Gasteiger partial charge in [-0.3, -0.25) is 5.41 Å². The zero-order chi connectivity index (χ0) is 23.8. The van der Waals surface area contributed by atoms with Crippen molar-refractivity contribution in [3.63, 3.8) is 0 Å². The number of ether oxygens (including phenoxy) is 1. The molecule has 0 aliphatic rings. The lowest BCUT2D eigenvalue weighted by Gasteiger charge is -2.23. The quantitative estimate of drug-likeness (QED) is 0.236. The number of hydrogen-bond donors (Lipinski definition) is 4. The molecule has 0 aliphatic heterocycles. The molecule has 3 aromatic rings. The van der Waals surface area contributed by atoms with Gasteiger partial charge in [0, 0.05) is 16.8 Å². The Hall–Kier alpha value is -3.80. The van der Waals surface area contributed by atoms with Crippen LogP contribution in [0.3, 0.4) is 0 Å². The fourth-order valence-corrected chi connectivity index (χ4v) is 3.75. The van der Waals surface area contributed by atoms with Crippen molar-refractivity contribution in [2.45, 2.75) is 45.8 Å². The molecular weight excluding hydrogens is 414 g/mol. The van der Waals surface area contributed by atoms with E-state index in [9.17, 15) is 9.90 Å². The summed E-state index contributed by atoms with van der Waals surface area (Å²) in [6, 6.07) is 19.7. The van der Waals surface area contributed by atoms with Crippen molar-refractivity contribution in [1.29, 1.82) is 5.41 Å². The minimum absolute atomic E-state index is 0.0345. The second-order valence-electron chi connectivity index (χ2n) is 7.96. The molecule has 0 heterocycles. The van der Waals surface area contributed by atoms with E-state index < -0.39 is 12.0 Å². The van der Waals surface area contributed by atoms with Crippen molar-refractivity contribution < 1.29 is 14.6 Å². The molecule has 33 heavy (non-hydrogen) atoms. The summed E-state index contributed by atoms with van der Waals surface area (Å²) in [6.45, 7) is 4.52. The van der Waals surface area contributed by atoms with Gasteiger partial charge in [-0.05, 0) is 59.9 Å². The molecule has 1 atom stereocenters. The molecule has 0 aliphatic carbocycles. The zero-order valence-electron chi connectivity index (χ0n) is 19.1. The maximum absolute atomic E-state index is 12.4. The molecular formula is C27H31N3O3. The lowest BCUT2D eigenvalue weighted by Crippen LogP contribution is -2.22. The second kappa shape index (κ2) is 11.2. The van der Waals surface area contributed by atoms with Crippen molar-refractivity contribution in [2.24, 2.45) is 5.73 Å². The average molecular weight is 446 g/mol. The first-order valence-corrected chi connectivity index (χ1v) is 11.2. The number of benzene rings is 3. The molecule has 6 heteroatoms. The van der Waals surface area contributed by atoms with Gasteiger partial charge in [0.25, 0.3) is 0 Å². The van der Waals surface area contributed by atoms with Crippen molar-refractivity contribution >= 4 is 17.5 Å². The minimum atomic E-state index is -0.999. The van der Waals surface area contributed by atoms with E-state index in [1.54, 1.807) is 24.3 Å². The number of hydrogen-bond acceptors (Lipinski definition) is 4. The standard InChI is InChI=1S/C27H31N3O3/c1-3-8-21-15-18(4-2)16-23(25(21)33-17-19-9-6-5-7-10-19)24(27(31)32)30-22-13-11-20(12-14-22)26(28)29/h5-7,9-16,24,30H,3-4,8,17H2,1-2H3,(H3,28,29)(H,31,32)/t24-/m1/s1. The second-order valence-corrected chi connectivity index (χ2v) is 7.96. The molecule has 0 radical (unpaired) electrons. The Balaban J connectivity index is 2.02. The van der Waals surface area contributed by atoms with Crippen molar-refractivity contribution in [1.82, 2.24) is 0 Å². The van der Waals surface area contributed by atoms with E-state index in [0.29, 0.717) is 29.2 Å². The number of carbonyl (C=O) groups is 1. The number of nitrogen functional groups attached to an aromatic ring is 1. The molecule has 0 spiro atoms. The van der Waals surface area contributed by atoms with Crippen LogP contribution in [0.15, 0.2) is 66.7 Å². The van der Waals surface area contributed by atoms with Gasteiger partial charge in [0.15, 0.2) is 6.04 Å². The lowest BCUT2D eigenvalue weighted by molar-refractivity contribution is -0.138. The van der Waals surface area contributed by atoms with E-state index in [2.05, 4.69) is 25.2 Å². The van der Waals surface area contributed by atoms with Crippen molar-refractivity contribution in [2.75, 3.05) is 5.32 Å². The van der Waals surface area contributed by atoms with E-state index in [1.807, 2.05) is 36.4 Å². The van der Waals surface area contributed by atoms with Gasteiger partial charge in [-0.15, -0.1) is 0 Å². The molecule has 3 aromatic carbocycles. The maximum atomic E-state index is 12.4. The van der Waals surface area contributed by atoms with Crippen LogP contribution in [0.5, 0.6) is 5.75 Å². The lowest BCUT2D eigenvalue weighted by atomic mass is 9.95. The van der Waals surface area contributed by atoms with Crippen LogP contribution in [0.1, 0.15) is 54.1 Å². The van der Waals surface area contributed by atoms with Gasteiger partial charge in [0.1, 0.15) is 18.2 Å². The average Bonchev–Trinajstić information content (AvgIpc) is 2.82. The number of carboxylic acid groups (broad SMARTS) is 1. The number of aryl methyl sites for hydroxylation is 2. The molecule has 0 amide bonds. The van der Waals surface area contributed by atoms with E-state index in [1.165, 1.54) is 0 Å². The highest BCUT2D eigenvalue weighted by Gasteiger charge is 2.26. The normalized spacial score (nSPS) is 11.6. The number of nitrogens with two attached hydrogens (primary N) is 1. The Morgan fingerprint density at radius 3 is 2.33 bits per heavy atom. The van der Waals surface area contributed by atoms with Crippen LogP contribution in [0.4, 0.5) is 5.69 Å². The topological polar surface area (TPSA) is 108 Å². The minimum Gasteiger partial charge on any atom is -0.488 e. The number of amidine groups is 1. The highest BCUT2D eigenvalue weighted by molar-refractivity contribution is 5.95. The van der Waals surface area contributed by atoms with E-state index >= 15 is 0 Å². The Kier molecular flexibility index (Phi) is 8.08. The molecule has 0 aromatic heterocycles. The molecule has 0 saturated carbocycles. The van der Waals surface area contributed by atoms with Gasteiger partial charge in [0.05, 0.1) is 0 Å². The van der Waals surface area contributed by atoms with Crippen LogP contribution in [0, 0.1) is 5.41 Å². The van der Waals surface area contributed by atoms with Gasteiger partial charge >= 0.3 is 5.97 Å². The van der Waals surface area contributed by atoms with Gasteiger partial charge in [0.2, 0.25) is 0 Å². The Morgan fingerprint density at radius 1 is 1.06 bits per heavy atom. The number of carboxylic acids is 1. The molecule has 0 bridgehead atoms. The first kappa shape index (κ1) is 23.9. The summed E-state index contributed by atoms with van der Waals surface area (Å²) in [6.07, 6.45) is 2.51. The largest absolute Gasteiger partial charge is 0.488 e. The first-order chi connectivity index (χ1) is 15.9. The number of aliphatic carboxylic acids is 1. The van der Waals surface area contributed by atoms with Gasteiger partial charge in [-0.1, -0.05) is 56.7 Å². The van der Waals surface area contributed by atoms with Crippen LogP contribution in [0.2, 0.25) is 0 Å². The van der Waals surface area contributed by atoms with Crippen LogP contribution in [-0.2, 0) is 24.2 Å². The van der Waals surface area contributed by atoms with E-state index in [-0.39, 0.29) is 5.84 Å². The zero-order valence-corrected chi connectivity index (χ0v) is 19.1. The Bertz CT molecular complexity index is 1100. The van der Waals surface area contributed by atoms with E-state index in [4.69, 9.17) is 15.9 Å². The van der Waals surface area contributed by atoms with E-state index in [0.717, 1.165) is 36.0 Å². The third-order valence-electron chi connectivity index (χ3n) is 5.47.